The number of nitrogens with zero attached hydrogens (tertiary/aromatic N) is 2. The van der Waals surface area contributed by atoms with E-state index in [4.69, 9.17) is 10.5 Å². The number of halogens is 2. The molecule has 0 aliphatic heterocycles. The summed E-state index contributed by atoms with van der Waals surface area (Å²) >= 11 is 0. The summed E-state index contributed by atoms with van der Waals surface area (Å²) in [7, 11) is 0. The fourth-order valence-corrected chi connectivity index (χ4v) is 3.61. The standard InChI is InChI=1S/C23H27F2N3O3/c1-13-8-20(31-12-16-17(24)6-5-7-18(16)25)22-27-14(2)21(28(22)11-13)19(30)9-15(29)10-23(3,4)26/h5-8,11,15,29H,9-10,12,26H2,1-4H3. The van der Waals surface area contributed by atoms with E-state index in [-0.39, 0.29) is 30.8 Å². The van der Waals surface area contributed by atoms with E-state index in [1.165, 1.54) is 6.07 Å². The van der Waals surface area contributed by atoms with Gasteiger partial charge in [-0.25, -0.2) is 13.8 Å². The van der Waals surface area contributed by atoms with E-state index in [1.54, 1.807) is 37.4 Å². The van der Waals surface area contributed by atoms with E-state index in [0.29, 0.717) is 22.8 Å². The van der Waals surface area contributed by atoms with Crippen molar-refractivity contribution < 1.29 is 23.4 Å². The molecule has 2 heterocycles. The maximum atomic E-state index is 13.9. The number of benzene rings is 1. The molecule has 1 aromatic carbocycles. The molecule has 1 unspecified atom stereocenters. The zero-order chi connectivity index (χ0) is 22.9. The van der Waals surface area contributed by atoms with Crippen molar-refractivity contribution in [2.45, 2.75) is 58.8 Å². The number of nitrogens with two attached hydrogens (primary N) is 1. The van der Waals surface area contributed by atoms with Gasteiger partial charge in [0.1, 0.15) is 23.9 Å². The molecule has 2 aromatic heterocycles. The van der Waals surface area contributed by atoms with Crippen molar-refractivity contribution >= 4 is 11.4 Å². The molecule has 0 aliphatic carbocycles. The number of aromatic nitrogens is 2. The second kappa shape index (κ2) is 8.72. The first-order chi connectivity index (χ1) is 14.5. The fourth-order valence-electron chi connectivity index (χ4n) is 3.61. The van der Waals surface area contributed by atoms with Gasteiger partial charge in [0.25, 0.3) is 0 Å². The van der Waals surface area contributed by atoms with Crippen LogP contribution in [0.2, 0.25) is 0 Å². The number of aryl methyl sites for hydroxylation is 2. The van der Waals surface area contributed by atoms with Gasteiger partial charge < -0.3 is 15.6 Å². The second-order valence-corrected chi connectivity index (χ2v) is 8.58. The highest BCUT2D eigenvalue weighted by molar-refractivity contribution is 5.97. The number of hydrogen-bond donors (Lipinski definition) is 2. The molecule has 6 nitrogen and oxygen atoms in total. The average molecular weight is 431 g/mol. The van der Waals surface area contributed by atoms with Crippen molar-refractivity contribution in [3.63, 3.8) is 0 Å². The number of carbonyl (C=O) groups excluding carboxylic acids is 1. The molecule has 1 atom stereocenters. The number of hydrogen-bond acceptors (Lipinski definition) is 5. The molecule has 166 valence electrons. The van der Waals surface area contributed by atoms with Crippen molar-refractivity contribution in [3.05, 3.63) is 64.6 Å². The predicted molar refractivity (Wildman–Crippen MR) is 113 cm³/mol. The van der Waals surface area contributed by atoms with Gasteiger partial charge in [0.05, 0.1) is 17.4 Å². The number of rotatable bonds is 8. The van der Waals surface area contributed by atoms with E-state index < -0.39 is 23.3 Å². The Labute approximate surface area is 179 Å². The molecule has 0 radical (unpaired) electrons. The van der Waals surface area contributed by atoms with Crippen molar-refractivity contribution in [1.29, 1.82) is 0 Å². The van der Waals surface area contributed by atoms with E-state index in [2.05, 4.69) is 4.98 Å². The van der Waals surface area contributed by atoms with E-state index in [1.807, 2.05) is 6.92 Å². The number of fused-ring (bicyclic) bond motifs is 1. The number of ether oxygens (including phenoxy) is 1. The quantitative estimate of drug-likeness (QED) is 0.529. The topological polar surface area (TPSA) is 89.8 Å². The van der Waals surface area contributed by atoms with Gasteiger partial charge in [-0.3, -0.25) is 9.20 Å². The van der Waals surface area contributed by atoms with Gasteiger partial charge in [-0.05, 0) is 57.9 Å². The number of aliphatic hydroxyl groups is 1. The molecule has 0 saturated carbocycles. The third kappa shape index (κ3) is 5.26. The second-order valence-electron chi connectivity index (χ2n) is 8.58. The molecule has 3 aromatic rings. The maximum Gasteiger partial charge on any atom is 0.184 e. The van der Waals surface area contributed by atoms with Crippen LogP contribution in [-0.2, 0) is 6.61 Å². The number of carbonyl (C=O) groups is 1. The van der Waals surface area contributed by atoms with Gasteiger partial charge in [0, 0.05) is 18.2 Å². The van der Waals surface area contributed by atoms with Crippen LogP contribution in [0.25, 0.3) is 5.65 Å². The molecule has 0 fully saturated rings. The summed E-state index contributed by atoms with van der Waals surface area (Å²) in [4.78, 5) is 17.4. The van der Waals surface area contributed by atoms with E-state index in [0.717, 1.165) is 17.7 Å². The zero-order valence-corrected chi connectivity index (χ0v) is 18.1. The Morgan fingerprint density at radius 1 is 1.29 bits per heavy atom. The zero-order valence-electron chi connectivity index (χ0n) is 18.1. The van der Waals surface area contributed by atoms with Crippen LogP contribution in [0.3, 0.4) is 0 Å². The predicted octanol–water partition coefficient (Wildman–Crippen LogP) is 3.87. The third-order valence-electron chi connectivity index (χ3n) is 4.88. The highest BCUT2D eigenvalue weighted by Gasteiger charge is 2.24. The molecule has 0 amide bonds. The number of pyridine rings is 1. The summed E-state index contributed by atoms with van der Waals surface area (Å²) in [5.74, 6) is -1.38. The summed E-state index contributed by atoms with van der Waals surface area (Å²) in [6.45, 7) is 6.74. The van der Waals surface area contributed by atoms with Gasteiger partial charge in [0.2, 0.25) is 0 Å². The Morgan fingerprint density at radius 3 is 2.55 bits per heavy atom. The average Bonchev–Trinajstić information content (AvgIpc) is 2.95. The molecule has 0 spiro atoms. The van der Waals surface area contributed by atoms with Crippen molar-refractivity contribution in [2.24, 2.45) is 5.73 Å². The Bertz CT molecular complexity index is 1100. The molecule has 0 aliphatic rings. The van der Waals surface area contributed by atoms with Crippen LogP contribution in [0.4, 0.5) is 8.78 Å². The fraction of sp³-hybridized carbons (Fsp3) is 0.391. The van der Waals surface area contributed by atoms with Crippen LogP contribution >= 0.6 is 0 Å². The van der Waals surface area contributed by atoms with Gasteiger partial charge in [0.15, 0.2) is 17.2 Å². The molecule has 3 N–H and O–H groups in total. The Kier molecular flexibility index (Phi) is 6.43. The summed E-state index contributed by atoms with van der Waals surface area (Å²) in [5, 5.41) is 10.3. The number of Topliss-reactive ketones (excluding diaryl/α,β-unsaturated/α-hetero) is 1. The van der Waals surface area contributed by atoms with Gasteiger partial charge >= 0.3 is 0 Å². The van der Waals surface area contributed by atoms with Crippen LogP contribution in [-0.4, -0.2) is 31.9 Å². The lowest BCUT2D eigenvalue weighted by molar-refractivity contribution is 0.0829. The summed E-state index contributed by atoms with van der Waals surface area (Å²) in [6.07, 6.45) is 1.02. The minimum Gasteiger partial charge on any atom is -0.485 e. The highest BCUT2D eigenvalue weighted by Crippen LogP contribution is 2.27. The minimum atomic E-state index is -0.887. The molecule has 0 saturated heterocycles. The SMILES string of the molecule is Cc1cc(OCc2c(F)cccc2F)c2nc(C)c(C(=O)CC(O)CC(C)(C)N)n2c1. The van der Waals surface area contributed by atoms with E-state index >= 15 is 0 Å². The molecular formula is C23H27F2N3O3. The largest absolute Gasteiger partial charge is 0.485 e. The molecular weight excluding hydrogens is 404 g/mol. The first-order valence-electron chi connectivity index (χ1n) is 10.0. The minimum absolute atomic E-state index is 0.0974. The van der Waals surface area contributed by atoms with Gasteiger partial charge in [-0.15, -0.1) is 0 Å². The van der Waals surface area contributed by atoms with Crippen molar-refractivity contribution in [3.8, 4) is 5.75 Å². The summed E-state index contributed by atoms with van der Waals surface area (Å²) in [5.41, 5.74) is 7.07. The molecule has 0 bridgehead atoms. The molecule has 8 heteroatoms. The Morgan fingerprint density at radius 2 is 1.94 bits per heavy atom. The monoisotopic (exact) mass is 431 g/mol. The van der Waals surface area contributed by atoms with Crippen LogP contribution in [0.1, 0.15) is 54.0 Å². The Hall–Kier alpha value is -2.84. The lowest BCUT2D eigenvalue weighted by Crippen LogP contribution is -2.36. The maximum absolute atomic E-state index is 13.9. The first kappa shape index (κ1) is 22.8. The van der Waals surface area contributed by atoms with E-state index in [9.17, 15) is 18.7 Å². The van der Waals surface area contributed by atoms with Crippen LogP contribution in [0, 0.1) is 25.5 Å². The van der Waals surface area contributed by atoms with Crippen molar-refractivity contribution in [1.82, 2.24) is 9.38 Å². The van der Waals surface area contributed by atoms with Crippen LogP contribution in [0.15, 0.2) is 30.5 Å². The van der Waals surface area contributed by atoms with Crippen molar-refractivity contribution in [2.75, 3.05) is 0 Å². The molecule has 3 rings (SSSR count). The third-order valence-corrected chi connectivity index (χ3v) is 4.88. The summed E-state index contributed by atoms with van der Waals surface area (Å²) in [6, 6.07) is 5.31. The number of imidazole rings is 1. The number of aliphatic hydroxyl groups excluding tert-OH is 1. The van der Waals surface area contributed by atoms with Gasteiger partial charge in [-0.1, -0.05) is 6.07 Å². The summed E-state index contributed by atoms with van der Waals surface area (Å²) < 4.78 is 35.2. The Balaban J connectivity index is 1.92. The molecule has 31 heavy (non-hydrogen) atoms. The number of ketones is 1. The lowest BCUT2D eigenvalue weighted by Gasteiger charge is -2.22. The smallest absolute Gasteiger partial charge is 0.184 e. The normalized spacial score (nSPS) is 12.9. The highest BCUT2D eigenvalue weighted by atomic mass is 19.1. The van der Waals surface area contributed by atoms with Crippen LogP contribution in [0.5, 0.6) is 5.75 Å². The lowest BCUT2D eigenvalue weighted by atomic mass is 9.95. The first-order valence-corrected chi connectivity index (χ1v) is 10.0. The van der Waals surface area contributed by atoms with Gasteiger partial charge in [-0.2, -0.15) is 0 Å². The van der Waals surface area contributed by atoms with Crippen LogP contribution < -0.4 is 10.5 Å².